The lowest BCUT2D eigenvalue weighted by atomic mass is 9.99. The molecule has 3 aromatic rings. The molecule has 2 heterocycles. The molecule has 34 heavy (non-hydrogen) atoms. The lowest BCUT2D eigenvalue weighted by Crippen LogP contribution is -2.43. The number of fused-ring (bicyclic) bond motifs is 1. The first-order valence-electron chi connectivity index (χ1n) is 12.0. The Morgan fingerprint density at radius 3 is 2.62 bits per heavy atom. The predicted octanol–water partition coefficient (Wildman–Crippen LogP) is 4.86. The second-order valence-corrected chi connectivity index (χ2v) is 8.99. The van der Waals surface area contributed by atoms with Gasteiger partial charge in [-0.2, -0.15) is 0 Å². The molecule has 2 aromatic carbocycles. The maximum atomic E-state index is 13.1. The van der Waals surface area contributed by atoms with Crippen molar-refractivity contribution in [3.8, 4) is 11.3 Å². The first kappa shape index (κ1) is 23.8. The van der Waals surface area contributed by atoms with Crippen molar-refractivity contribution in [1.82, 2.24) is 15.4 Å². The second kappa shape index (κ2) is 11.2. The highest BCUT2D eigenvalue weighted by atomic mass is 16.5. The van der Waals surface area contributed by atoms with Crippen LogP contribution in [0.2, 0.25) is 0 Å². The van der Waals surface area contributed by atoms with Crippen LogP contribution in [0.3, 0.4) is 0 Å². The molecular formula is C27H34N4O3. The molecule has 1 N–H and O–H groups in total. The number of methoxy groups -OCH3 is 1. The number of nitrogens with zero attached hydrogens (tertiary/aromatic N) is 3. The van der Waals surface area contributed by atoms with Crippen LogP contribution in [0.5, 0.6) is 0 Å². The van der Waals surface area contributed by atoms with Gasteiger partial charge in [-0.25, -0.2) is 4.79 Å². The van der Waals surface area contributed by atoms with E-state index in [9.17, 15) is 4.79 Å². The maximum Gasteiger partial charge on any atom is 0.317 e. The van der Waals surface area contributed by atoms with Gasteiger partial charge in [-0.15, -0.1) is 0 Å². The summed E-state index contributed by atoms with van der Waals surface area (Å²) in [6.07, 6.45) is 1.70. The lowest BCUT2D eigenvalue weighted by molar-refractivity contribution is 0.165. The van der Waals surface area contributed by atoms with Crippen molar-refractivity contribution in [3.63, 3.8) is 0 Å². The van der Waals surface area contributed by atoms with Crippen molar-refractivity contribution in [2.24, 2.45) is 0 Å². The zero-order chi connectivity index (χ0) is 23.9. The standard InChI is InChI=1S/C27H34N4O3/c1-20(2)28-27(32)31(15-9-17-33-3)19-24-25(22-11-5-4-6-12-22)29-34-26(24)30-16-14-21-10-7-8-13-23(21)18-30/h4-8,10-13,20H,9,14-19H2,1-3H3,(H,28,32). The molecule has 1 aliphatic rings. The molecule has 1 aromatic heterocycles. The molecule has 2 amide bonds. The molecule has 0 spiro atoms. The number of hydrogen-bond donors (Lipinski definition) is 1. The first-order valence-corrected chi connectivity index (χ1v) is 12.0. The SMILES string of the molecule is COCCCN(Cc1c(-c2ccccc2)noc1N1CCc2ccccc2C1)C(=O)NC(C)C. The van der Waals surface area contributed by atoms with E-state index in [-0.39, 0.29) is 12.1 Å². The first-order chi connectivity index (χ1) is 16.6. The molecule has 0 saturated heterocycles. The summed E-state index contributed by atoms with van der Waals surface area (Å²) in [5.74, 6) is 0.738. The molecule has 0 unspecified atom stereocenters. The Labute approximate surface area is 201 Å². The third-order valence-electron chi connectivity index (χ3n) is 6.06. The predicted molar refractivity (Wildman–Crippen MR) is 134 cm³/mol. The summed E-state index contributed by atoms with van der Waals surface area (Å²) in [6.45, 7) is 7.12. The van der Waals surface area contributed by atoms with E-state index in [1.54, 1.807) is 7.11 Å². The highest BCUT2D eigenvalue weighted by Crippen LogP contribution is 2.35. The van der Waals surface area contributed by atoms with E-state index in [4.69, 9.17) is 9.26 Å². The third-order valence-corrected chi connectivity index (χ3v) is 6.06. The van der Waals surface area contributed by atoms with Crippen LogP contribution < -0.4 is 10.2 Å². The Morgan fingerprint density at radius 1 is 1.15 bits per heavy atom. The van der Waals surface area contributed by atoms with E-state index >= 15 is 0 Å². The number of carbonyl (C=O) groups excluding carboxylic acids is 1. The smallest absolute Gasteiger partial charge is 0.317 e. The minimum atomic E-state index is -0.0961. The van der Waals surface area contributed by atoms with Gasteiger partial charge in [0.1, 0.15) is 5.69 Å². The van der Waals surface area contributed by atoms with Crippen LogP contribution in [-0.4, -0.2) is 48.9 Å². The van der Waals surface area contributed by atoms with Crippen molar-refractivity contribution in [1.29, 1.82) is 0 Å². The van der Waals surface area contributed by atoms with Crippen LogP contribution >= 0.6 is 0 Å². The van der Waals surface area contributed by atoms with Gasteiger partial charge in [0, 0.05) is 45.0 Å². The van der Waals surface area contributed by atoms with Gasteiger partial charge >= 0.3 is 6.03 Å². The zero-order valence-corrected chi connectivity index (χ0v) is 20.3. The van der Waals surface area contributed by atoms with Crippen LogP contribution in [0.25, 0.3) is 11.3 Å². The third kappa shape index (κ3) is 5.59. The topological polar surface area (TPSA) is 70.8 Å². The molecule has 7 heteroatoms. The average molecular weight is 463 g/mol. The molecule has 0 aliphatic carbocycles. The summed E-state index contributed by atoms with van der Waals surface area (Å²) >= 11 is 0. The van der Waals surface area contributed by atoms with Crippen LogP contribution in [0.1, 0.15) is 37.0 Å². The van der Waals surface area contributed by atoms with Gasteiger partial charge in [-0.05, 0) is 37.8 Å². The fraction of sp³-hybridized carbons (Fsp3) is 0.407. The number of urea groups is 1. The van der Waals surface area contributed by atoms with Crippen molar-refractivity contribution in [3.05, 3.63) is 71.3 Å². The van der Waals surface area contributed by atoms with Crippen molar-refractivity contribution >= 4 is 11.9 Å². The minimum Gasteiger partial charge on any atom is -0.385 e. The van der Waals surface area contributed by atoms with Gasteiger partial charge in [0.05, 0.1) is 12.1 Å². The monoisotopic (exact) mass is 462 g/mol. The number of hydrogen-bond acceptors (Lipinski definition) is 5. The van der Waals surface area contributed by atoms with E-state index in [0.29, 0.717) is 19.7 Å². The summed E-state index contributed by atoms with van der Waals surface area (Å²) in [7, 11) is 1.68. The van der Waals surface area contributed by atoms with Crippen molar-refractivity contribution < 1.29 is 14.1 Å². The summed E-state index contributed by atoms with van der Waals surface area (Å²) in [6, 6.07) is 18.5. The van der Waals surface area contributed by atoms with Crippen LogP contribution in [0, 0.1) is 0 Å². The molecule has 180 valence electrons. The summed E-state index contributed by atoms with van der Waals surface area (Å²) < 4.78 is 11.2. The molecule has 1 aliphatic heterocycles. The van der Waals surface area contributed by atoms with E-state index in [2.05, 4.69) is 39.6 Å². The number of rotatable bonds is 9. The second-order valence-electron chi connectivity index (χ2n) is 8.99. The summed E-state index contributed by atoms with van der Waals surface area (Å²) in [5.41, 5.74) is 5.36. The van der Waals surface area contributed by atoms with Gasteiger partial charge in [0.15, 0.2) is 0 Å². The van der Waals surface area contributed by atoms with Gasteiger partial charge in [-0.3, -0.25) is 0 Å². The highest BCUT2D eigenvalue weighted by molar-refractivity contribution is 5.76. The molecule has 0 atom stereocenters. The maximum absolute atomic E-state index is 13.1. The van der Waals surface area contributed by atoms with E-state index < -0.39 is 0 Å². The number of benzene rings is 2. The number of amides is 2. The zero-order valence-electron chi connectivity index (χ0n) is 20.3. The highest BCUT2D eigenvalue weighted by Gasteiger charge is 2.28. The van der Waals surface area contributed by atoms with Crippen LogP contribution in [0.15, 0.2) is 59.1 Å². The van der Waals surface area contributed by atoms with Gasteiger partial charge < -0.3 is 24.4 Å². The van der Waals surface area contributed by atoms with Crippen molar-refractivity contribution in [2.45, 2.75) is 45.8 Å². The summed E-state index contributed by atoms with van der Waals surface area (Å²) in [5, 5.41) is 7.52. The van der Waals surface area contributed by atoms with Crippen LogP contribution in [-0.2, 0) is 24.2 Å². The van der Waals surface area contributed by atoms with Crippen LogP contribution in [0.4, 0.5) is 10.7 Å². The normalized spacial score (nSPS) is 13.1. The van der Waals surface area contributed by atoms with Gasteiger partial charge in [0.25, 0.3) is 0 Å². The lowest BCUT2D eigenvalue weighted by Gasteiger charge is -2.30. The Morgan fingerprint density at radius 2 is 1.88 bits per heavy atom. The Hall–Kier alpha value is -3.32. The fourth-order valence-electron chi connectivity index (χ4n) is 4.36. The van der Waals surface area contributed by atoms with E-state index in [1.807, 2.05) is 49.1 Å². The number of ether oxygens (including phenoxy) is 1. The van der Waals surface area contributed by atoms with Crippen molar-refractivity contribution in [2.75, 3.05) is 31.7 Å². The Balaban J connectivity index is 1.68. The number of nitrogens with one attached hydrogen (secondary N) is 1. The molecule has 7 nitrogen and oxygen atoms in total. The van der Waals surface area contributed by atoms with E-state index in [0.717, 1.165) is 48.6 Å². The molecule has 0 fully saturated rings. The number of anilines is 1. The summed E-state index contributed by atoms with van der Waals surface area (Å²) in [4.78, 5) is 17.2. The largest absolute Gasteiger partial charge is 0.385 e. The van der Waals surface area contributed by atoms with E-state index in [1.165, 1.54) is 11.1 Å². The Kier molecular flexibility index (Phi) is 7.85. The molecule has 0 radical (unpaired) electrons. The fourth-order valence-corrected chi connectivity index (χ4v) is 4.36. The number of carbonyl (C=O) groups is 1. The molecule has 0 saturated carbocycles. The number of aromatic nitrogens is 1. The quantitative estimate of drug-likeness (QED) is 0.460. The molecule has 4 rings (SSSR count). The Bertz CT molecular complexity index is 1080. The molecule has 0 bridgehead atoms. The average Bonchev–Trinajstić information content (AvgIpc) is 3.27. The minimum absolute atomic E-state index is 0.0477. The van der Waals surface area contributed by atoms with Gasteiger partial charge in [0.2, 0.25) is 5.88 Å². The molecular weight excluding hydrogens is 428 g/mol. The van der Waals surface area contributed by atoms with Gasteiger partial charge in [-0.1, -0.05) is 59.8 Å².